The van der Waals surface area contributed by atoms with Gasteiger partial charge in [0.1, 0.15) is 12.1 Å². The molecule has 8 heteroatoms. The van der Waals surface area contributed by atoms with Crippen molar-refractivity contribution in [3.05, 3.63) is 70.8 Å². The molecule has 1 heterocycles. The maximum atomic E-state index is 13.1. The van der Waals surface area contributed by atoms with Gasteiger partial charge in [-0.1, -0.05) is 43.6 Å². The highest BCUT2D eigenvalue weighted by Crippen LogP contribution is 2.19. The highest BCUT2D eigenvalue weighted by atomic mass is 35.5. The van der Waals surface area contributed by atoms with Crippen molar-refractivity contribution in [1.29, 1.82) is 0 Å². The number of hydrogen-bond acceptors (Lipinski definition) is 3. The Morgan fingerprint density at radius 2 is 1.93 bits per heavy atom. The van der Waals surface area contributed by atoms with E-state index < -0.39 is 0 Å². The van der Waals surface area contributed by atoms with Crippen LogP contribution in [0.25, 0.3) is 0 Å². The average Bonchev–Trinajstić information content (AvgIpc) is 3.04. The van der Waals surface area contributed by atoms with E-state index in [1.807, 2.05) is 12.1 Å². The lowest BCUT2D eigenvalue weighted by Crippen LogP contribution is -2.20. The van der Waals surface area contributed by atoms with E-state index in [0.717, 1.165) is 11.3 Å². The molecule has 0 radical (unpaired) electrons. The molecule has 1 aromatic heterocycles. The SMILES string of the molecule is CC(C)c1ccc(NC(=S)Nc2ncn(Cc3ccc(F)cc3Cl)n2)cc1. The van der Waals surface area contributed by atoms with Crippen LogP contribution in [0.5, 0.6) is 0 Å². The molecule has 2 aromatic carbocycles. The maximum absolute atomic E-state index is 13.1. The molecule has 0 fully saturated rings. The summed E-state index contributed by atoms with van der Waals surface area (Å²) in [5.41, 5.74) is 2.90. The number of nitrogens with one attached hydrogen (secondary N) is 2. The third-order valence-corrected chi connectivity index (χ3v) is 4.50. The van der Waals surface area contributed by atoms with Gasteiger partial charge in [0.2, 0.25) is 5.95 Å². The number of anilines is 2. The van der Waals surface area contributed by atoms with Gasteiger partial charge in [0.25, 0.3) is 0 Å². The zero-order valence-electron chi connectivity index (χ0n) is 14.9. The molecule has 3 rings (SSSR count). The molecule has 0 spiro atoms. The van der Waals surface area contributed by atoms with Gasteiger partial charge in [-0.25, -0.2) is 14.1 Å². The van der Waals surface area contributed by atoms with Crippen LogP contribution in [0.4, 0.5) is 16.0 Å². The van der Waals surface area contributed by atoms with Crippen molar-refractivity contribution in [3.8, 4) is 0 Å². The first-order valence-corrected chi connectivity index (χ1v) is 9.20. The summed E-state index contributed by atoms with van der Waals surface area (Å²) >= 11 is 11.3. The summed E-state index contributed by atoms with van der Waals surface area (Å²) in [7, 11) is 0. The van der Waals surface area contributed by atoms with E-state index in [1.54, 1.807) is 17.1 Å². The minimum atomic E-state index is -0.373. The molecule has 0 saturated heterocycles. The van der Waals surface area contributed by atoms with Gasteiger partial charge in [0.15, 0.2) is 5.11 Å². The largest absolute Gasteiger partial charge is 0.332 e. The van der Waals surface area contributed by atoms with Crippen LogP contribution in [0, 0.1) is 5.82 Å². The van der Waals surface area contributed by atoms with Gasteiger partial charge in [-0.2, -0.15) is 0 Å². The minimum absolute atomic E-state index is 0.349. The van der Waals surface area contributed by atoms with Gasteiger partial charge >= 0.3 is 0 Å². The molecule has 3 aromatic rings. The molecule has 0 aliphatic carbocycles. The number of aromatic nitrogens is 3. The normalized spacial score (nSPS) is 10.9. The average molecular weight is 404 g/mol. The molecule has 0 unspecified atom stereocenters. The smallest absolute Gasteiger partial charge is 0.248 e. The molecule has 0 amide bonds. The fourth-order valence-corrected chi connectivity index (χ4v) is 2.90. The van der Waals surface area contributed by atoms with Gasteiger partial charge in [-0.05, 0) is 53.5 Å². The number of hydrogen-bond donors (Lipinski definition) is 2. The van der Waals surface area contributed by atoms with Crippen molar-refractivity contribution in [1.82, 2.24) is 14.8 Å². The third kappa shape index (κ3) is 5.24. The van der Waals surface area contributed by atoms with E-state index in [9.17, 15) is 4.39 Å². The van der Waals surface area contributed by atoms with Gasteiger partial charge < -0.3 is 5.32 Å². The van der Waals surface area contributed by atoms with E-state index in [0.29, 0.717) is 28.5 Å². The maximum Gasteiger partial charge on any atom is 0.248 e. The van der Waals surface area contributed by atoms with Gasteiger partial charge in [0, 0.05) is 10.7 Å². The summed E-state index contributed by atoms with van der Waals surface area (Å²) < 4.78 is 14.7. The molecule has 0 atom stereocenters. The molecule has 2 N–H and O–H groups in total. The van der Waals surface area contributed by atoms with Crippen LogP contribution in [0.15, 0.2) is 48.8 Å². The Kier molecular flexibility index (Phi) is 6.03. The molecule has 5 nitrogen and oxygen atoms in total. The van der Waals surface area contributed by atoms with Crippen molar-refractivity contribution in [2.75, 3.05) is 10.6 Å². The second-order valence-electron chi connectivity index (χ2n) is 6.36. The van der Waals surface area contributed by atoms with Gasteiger partial charge in [-0.15, -0.1) is 5.10 Å². The van der Waals surface area contributed by atoms with E-state index in [-0.39, 0.29) is 5.82 Å². The van der Waals surface area contributed by atoms with Crippen LogP contribution in [0.1, 0.15) is 30.9 Å². The zero-order valence-corrected chi connectivity index (χ0v) is 16.5. The molecule has 140 valence electrons. The first kappa shape index (κ1) is 19.3. The lowest BCUT2D eigenvalue weighted by atomic mass is 10.0. The summed E-state index contributed by atoms with van der Waals surface area (Å²) in [4.78, 5) is 4.17. The summed E-state index contributed by atoms with van der Waals surface area (Å²) in [5.74, 6) is 0.471. The fraction of sp³-hybridized carbons (Fsp3) is 0.211. The minimum Gasteiger partial charge on any atom is -0.332 e. The first-order valence-electron chi connectivity index (χ1n) is 8.42. The molecule has 0 aliphatic rings. The van der Waals surface area contributed by atoms with Crippen molar-refractivity contribution in [3.63, 3.8) is 0 Å². The second kappa shape index (κ2) is 8.45. The zero-order chi connectivity index (χ0) is 19.4. The van der Waals surface area contributed by atoms with E-state index in [2.05, 4.69) is 46.7 Å². The summed E-state index contributed by atoms with van der Waals surface area (Å²) in [5, 5.41) is 11.1. The molecule has 0 bridgehead atoms. The summed E-state index contributed by atoms with van der Waals surface area (Å²) in [6.07, 6.45) is 1.56. The van der Waals surface area contributed by atoms with Crippen molar-refractivity contribution in [2.45, 2.75) is 26.3 Å². The van der Waals surface area contributed by atoms with Crippen LogP contribution >= 0.6 is 23.8 Å². The van der Waals surface area contributed by atoms with E-state index in [1.165, 1.54) is 17.7 Å². The number of rotatable bonds is 5. The Balaban J connectivity index is 1.59. The number of thiocarbonyl (C=S) groups is 1. The van der Waals surface area contributed by atoms with Crippen molar-refractivity contribution < 1.29 is 4.39 Å². The Hall–Kier alpha value is -2.51. The third-order valence-electron chi connectivity index (χ3n) is 3.94. The predicted octanol–water partition coefficient (Wildman–Crippen LogP) is 5.05. The van der Waals surface area contributed by atoms with Crippen LogP contribution in [-0.2, 0) is 6.54 Å². The summed E-state index contributed by atoms with van der Waals surface area (Å²) in [6, 6.07) is 12.3. The fourth-order valence-electron chi connectivity index (χ4n) is 2.47. The number of halogens is 2. The topological polar surface area (TPSA) is 54.8 Å². The molecule has 0 saturated carbocycles. The monoisotopic (exact) mass is 403 g/mol. The van der Waals surface area contributed by atoms with Crippen LogP contribution in [0.2, 0.25) is 5.02 Å². The van der Waals surface area contributed by atoms with E-state index >= 15 is 0 Å². The molecule has 0 aliphatic heterocycles. The predicted molar refractivity (Wildman–Crippen MR) is 111 cm³/mol. The Morgan fingerprint density at radius 1 is 1.19 bits per heavy atom. The molecule has 27 heavy (non-hydrogen) atoms. The van der Waals surface area contributed by atoms with Crippen molar-refractivity contribution in [2.24, 2.45) is 0 Å². The van der Waals surface area contributed by atoms with Gasteiger partial charge in [-0.3, -0.25) is 5.32 Å². The lowest BCUT2D eigenvalue weighted by Gasteiger charge is -2.10. The Labute approximate surface area is 167 Å². The van der Waals surface area contributed by atoms with E-state index in [4.69, 9.17) is 23.8 Å². The number of benzene rings is 2. The van der Waals surface area contributed by atoms with Crippen LogP contribution in [-0.4, -0.2) is 19.9 Å². The first-order chi connectivity index (χ1) is 12.9. The summed E-state index contributed by atoms with van der Waals surface area (Å²) in [6.45, 7) is 4.68. The molecular weight excluding hydrogens is 385 g/mol. The van der Waals surface area contributed by atoms with Crippen LogP contribution in [0.3, 0.4) is 0 Å². The van der Waals surface area contributed by atoms with Crippen LogP contribution < -0.4 is 10.6 Å². The Morgan fingerprint density at radius 3 is 2.59 bits per heavy atom. The highest BCUT2D eigenvalue weighted by molar-refractivity contribution is 7.80. The van der Waals surface area contributed by atoms with Gasteiger partial charge in [0.05, 0.1) is 6.54 Å². The standard InChI is InChI=1S/C19H19ClFN5S/c1-12(2)13-4-7-16(8-5-13)23-19(27)24-18-22-11-26(25-18)10-14-3-6-15(21)9-17(14)20/h3-9,11-12H,10H2,1-2H3,(H2,23,24,25,27). The van der Waals surface area contributed by atoms with Crippen molar-refractivity contribution >= 4 is 40.6 Å². The second-order valence-corrected chi connectivity index (χ2v) is 7.17. The number of nitrogens with zero attached hydrogens (tertiary/aromatic N) is 3. The Bertz CT molecular complexity index is 940. The quantitative estimate of drug-likeness (QED) is 0.584. The molecular formula is C19H19ClFN5S. The lowest BCUT2D eigenvalue weighted by molar-refractivity contribution is 0.624. The highest BCUT2D eigenvalue weighted by Gasteiger charge is 2.07.